The summed E-state index contributed by atoms with van der Waals surface area (Å²) in [5.74, 6) is 1.48. The normalized spacial score (nSPS) is 11.1. The van der Waals surface area contributed by atoms with Gasteiger partial charge in [-0.1, -0.05) is 32.9 Å². The third-order valence-corrected chi connectivity index (χ3v) is 4.58. The predicted molar refractivity (Wildman–Crippen MR) is 109 cm³/mol. The van der Waals surface area contributed by atoms with Gasteiger partial charge >= 0.3 is 0 Å². The van der Waals surface area contributed by atoms with Crippen LogP contribution < -0.4 is 14.8 Å². The molecule has 0 saturated heterocycles. The van der Waals surface area contributed by atoms with Crippen LogP contribution in [0.4, 0.5) is 5.69 Å². The van der Waals surface area contributed by atoms with E-state index in [9.17, 15) is 4.79 Å². The van der Waals surface area contributed by atoms with Gasteiger partial charge in [-0.2, -0.15) is 0 Å². The maximum Gasteiger partial charge on any atom is 0.224 e. The van der Waals surface area contributed by atoms with E-state index in [2.05, 4.69) is 54.2 Å². The zero-order chi connectivity index (χ0) is 19.2. The van der Waals surface area contributed by atoms with Crippen LogP contribution in [0.25, 0.3) is 0 Å². The van der Waals surface area contributed by atoms with Crippen molar-refractivity contribution in [2.75, 3.05) is 19.0 Å². The van der Waals surface area contributed by atoms with Crippen LogP contribution in [0, 0.1) is 0 Å². The SMILES string of the molecule is COc1cccc(NC(=O)CCCOc2ccc(C(C)(C)C)cc2Br)c1. The van der Waals surface area contributed by atoms with E-state index in [4.69, 9.17) is 9.47 Å². The molecule has 1 amide bonds. The van der Waals surface area contributed by atoms with E-state index in [0.717, 1.165) is 21.7 Å². The Balaban J connectivity index is 1.78. The molecular weight excluding hydrogens is 394 g/mol. The first-order chi connectivity index (χ1) is 12.3. The zero-order valence-electron chi connectivity index (χ0n) is 15.8. The molecule has 0 fully saturated rings. The second-order valence-electron chi connectivity index (χ2n) is 7.13. The highest BCUT2D eigenvalue weighted by atomic mass is 79.9. The first kappa shape index (κ1) is 20.3. The molecule has 0 aromatic heterocycles. The molecule has 2 aromatic carbocycles. The van der Waals surface area contributed by atoms with Crippen LogP contribution in [-0.4, -0.2) is 19.6 Å². The van der Waals surface area contributed by atoms with Crippen molar-refractivity contribution < 1.29 is 14.3 Å². The molecule has 0 atom stereocenters. The fraction of sp³-hybridized carbons (Fsp3) is 0.381. The quantitative estimate of drug-likeness (QED) is 0.598. The minimum Gasteiger partial charge on any atom is -0.497 e. The van der Waals surface area contributed by atoms with Crippen LogP contribution >= 0.6 is 15.9 Å². The molecule has 2 aromatic rings. The molecule has 0 radical (unpaired) electrons. The van der Waals surface area contributed by atoms with Gasteiger partial charge in [0.1, 0.15) is 11.5 Å². The van der Waals surface area contributed by atoms with E-state index in [1.807, 2.05) is 24.3 Å². The first-order valence-electron chi connectivity index (χ1n) is 8.66. The van der Waals surface area contributed by atoms with Gasteiger partial charge in [0.2, 0.25) is 5.91 Å². The molecule has 26 heavy (non-hydrogen) atoms. The smallest absolute Gasteiger partial charge is 0.224 e. The molecule has 0 bridgehead atoms. The Labute approximate surface area is 164 Å². The lowest BCUT2D eigenvalue weighted by Gasteiger charge is -2.20. The minimum absolute atomic E-state index is 0.0380. The zero-order valence-corrected chi connectivity index (χ0v) is 17.4. The molecule has 5 heteroatoms. The number of anilines is 1. The third-order valence-electron chi connectivity index (χ3n) is 3.96. The van der Waals surface area contributed by atoms with Crippen LogP contribution in [0.1, 0.15) is 39.2 Å². The van der Waals surface area contributed by atoms with Crippen molar-refractivity contribution in [3.8, 4) is 11.5 Å². The minimum atomic E-state index is -0.0380. The summed E-state index contributed by atoms with van der Waals surface area (Å²) in [6.07, 6.45) is 1.04. The summed E-state index contributed by atoms with van der Waals surface area (Å²) in [5.41, 5.74) is 2.07. The largest absolute Gasteiger partial charge is 0.497 e. The van der Waals surface area contributed by atoms with Crippen LogP contribution in [0.2, 0.25) is 0 Å². The number of rotatable bonds is 7. The monoisotopic (exact) mass is 419 g/mol. The highest BCUT2D eigenvalue weighted by molar-refractivity contribution is 9.10. The van der Waals surface area contributed by atoms with Gasteiger partial charge in [-0.15, -0.1) is 0 Å². The second-order valence-corrected chi connectivity index (χ2v) is 7.98. The maximum absolute atomic E-state index is 12.0. The number of hydrogen-bond donors (Lipinski definition) is 1. The number of carbonyl (C=O) groups excluding carboxylic acids is 1. The van der Waals surface area contributed by atoms with Crippen molar-refractivity contribution in [2.24, 2.45) is 0 Å². The third kappa shape index (κ3) is 6.06. The van der Waals surface area contributed by atoms with Crippen LogP contribution in [0.3, 0.4) is 0 Å². The van der Waals surface area contributed by atoms with E-state index in [0.29, 0.717) is 19.4 Å². The Kier molecular flexibility index (Phi) is 7.09. The summed E-state index contributed by atoms with van der Waals surface area (Å²) in [6.45, 7) is 7.02. The Bertz CT molecular complexity index is 753. The summed E-state index contributed by atoms with van der Waals surface area (Å²) in [7, 11) is 1.60. The molecule has 0 unspecified atom stereocenters. The lowest BCUT2D eigenvalue weighted by molar-refractivity contribution is -0.116. The molecule has 0 aliphatic heterocycles. The summed E-state index contributed by atoms with van der Waals surface area (Å²) in [5, 5.41) is 2.87. The molecule has 1 N–H and O–H groups in total. The topological polar surface area (TPSA) is 47.6 Å². The number of benzene rings is 2. The molecule has 0 aliphatic rings. The standard InChI is InChI=1S/C21H26BrNO3/c1-21(2,3)15-10-11-19(18(22)13-15)26-12-6-9-20(24)23-16-7-5-8-17(14-16)25-4/h5,7-8,10-11,13-14H,6,9,12H2,1-4H3,(H,23,24). The van der Waals surface area contributed by atoms with Gasteiger partial charge < -0.3 is 14.8 Å². The van der Waals surface area contributed by atoms with E-state index in [1.54, 1.807) is 13.2 Å². The lowest BCUT2D eigenvalue weighted by atomic mass is 9.87. The number of methoxy groups -OCH3 is 1. The Hall–Kier alpha value is -2.01. The van der Waals surface area contributed by atoms with Gasteiger partial charge in [0.25, 0.3) is 0 Å². The molecule has 0 saturated carbocycles. The summed E-state index contributed by atoms with van der Waals surface area (Å²) in [4.78, 5) is 12.0. The van der Waals surface area contributed by atoms with E-state index in [1.165, 1.54) is 5.56 Å². The Morgan fingerprint density at radius 3 is 2.58 bits per heavy atom. The number of nitrogens with one attached hydrogen (secondary N) is 1. The molecule has 4 nitrogen and oxygen atoms in total. The number of carbonyl (C=O) groups is 1. The summed E-state index contributed by atoms with van der Waals surface area (Å²) >= 11 is 3.56. The number of hydrogen-bond acceptors (Lipinski definition) is 3. The van der Waals surface area contributed by atoms with Crippen molar-refractivity contribution in [3.05, 3.63) is 52.5 Å². The Morgan fingerprint density at radius 1 is 1.15 bits per heavy atom. The molecular formula is C21H26BrNO3. The van der Waals surface area contributed by atoms with E-state index < -0.39 is 0 Å². The highest BCUT2D eigenvalue weighted by Crippen LogP contribution is 2.31. The van der Waals surface area contributed by atoms with E-state index in [-0.39, 0.29) is 11.3 Å². The van der Waals surface area contributed by atoms with Gasteiger partial charge in [-0.05, 0) is 57.6 Å². The first-order valence-corrected chi connectivity index (χ1v) is 9.45. The number of amides is 1. The van der Waals surface area contributed by atoms with Crippen molar-refractivity contribution in [2.45, 2.75) is 39.0 Å². The summed E-state index contributed by atoms with van der Waals surface area (Å²) in [6, 6.07) is 13.5. The van der Waals surface area contributed by atoms with Gasteiger partial charge in [0.15, 0.2) is 0 Å². The van der Waals surface area contributed by atoms with Gasteiger partial charge in [-0.25, -0.2) is 0 Å². The molecule has 0 spiro atoms. The molecule has 2 rings (SSSR count). The molecule has 140 valence electrons. The maximum atomic E-state index is 12.0. The van der Waals surface area contributed by atoms with E-state index >= 15 is 0 Å². The average Bonchev–Trinajstić information content (AvgIpc) is 2.59. The highest BCUT2D eigenvalue weighted by Gasteiger charge is 2.15. The fourth-order valence-electron chi connectivity index (χ4n) is 2.42. The van der Waals surface area contributed by atoms with Crippen molar-refractivity contribution in [3.63, 3.8) is 0 Å². The lowest BCUT2D eigenvalue weighted by Crippen LogP contribution is -2.13. The van der Waals surface area contributed by atoms with Crippen LogP contribution in [-0.2, 0) is 10.2 Å². The van der Waals surface area contributed by atoms with Crippen LogP contribution in [0.5, 0.6) is 11.5 Å². The predicted octanol–water partition coefficient (Wildman–Crippen LogP) is 5.55. The summed E-state index contributed by atoms with van der Waals surface area (Å²) < 4.78 is 11.9. The Morgan fingerprint density at radius 2 is 1.92 bits per heavy atom. The van der Waals surface area contributed by atoms with Gasteiger partial charge in [-0.3, -0.25) is 4.79 Å². The fourth-order valence-corrected chi connectivity index (χ4v) is 2.92. The van der Waals surface area contributed by atoms with Gasteiger partial charge in [0.05, 0.1) is 18.2 Å². The number of ether oxygens (including phenoxy) is 2. The second kappa shape index (κ2) is 9.08. The van der Waals surface area contributed by atoms with Gasteiger partial charge in [0, 0.05) is 18.2 Å². The van der Waals surface area contributed by atoms with Crippen molar-refractivity contribution in [1.29, 1.82) is 0 Å². The van der Waals surface area contributed by atoms with Crippen molar-refractivity contribution in [1.82, 2.24) is 0 Å². The molecule has 0 heterocycles. The molecule has 0 aliphatic carbocycles. The van der Waals surface area contributed by atoms with Crippen molar-refractivity contribution >= 4 is 27.5 Å². The van der Waals surface area contributed by atoms with Crippen LogP contribution in [0.15, 0.2) is 46.9 Å². The number of halogens is 1. The average molecular weight is 420 g/mol.